The fraction of sp³-hybridized carbons (Fsp3) is 0.720. The average molecular weight is 459 g/mol. The Morgan fingerprint density at radius 3 is 2.21 bits per heavy atom. The summed E-state index contributed by atoms with van der Waals surface area (Å²) in [7, 11) is 0. The van der Waals surface area contributed by atoms with Gasteiger partial charge in [0.05, 0.1) is 12.7 Å². The number of amides is 1. The van der Waals surface area contributed by atoms with Crippen molar-refractivity contribution in [3.05, 3.63) is 37.4 Å². The third-order valence-electron chi connectivity index (χ3n) is 6.24. The minimum Gasteiger partial charge on any atom is -0.444 e. The summed E-state index contributed by atoms with van der Waals surface area (Å²) in [6.45, 7) is 9.74. The van der Waals surface area contributed by atoms with Gasteiger partial charge in [-0.2, -0.15) is 0 Å². The summed E-state index contributed by atoms with van der Waals surface area (Å²) < 4.78 is 9.72. The largest absolute Gasteiger partial charge is 0.444 e. The number of nitrogens with zero attached hydrogens (tertiary/aromatic N) is 5. The van der Waals surface area contributed by atoms with Crippen molar-refractivity contribution in [2.24, 2.45) is 0 Å². The number of aromatic nitrogens is 4. The summed E-state index contributed by atoms with van der Waals surface area (Å²) >= 11 is 0. The molecule has 2 unspecified atom stereocenters. The van der Waals surface area contributed by atoms with Gasteiger partial charge in [-0.15, -0.1) is 0 Å². The first kappa shape index (κ1) is 25.3. The number of likely N-dealkylation sites (tertiary alicyclic amines) is 1. The molecule has 1 N–H and O–H groups in total. The molecule has 0 spiro atoms. The molecule has 0 saturated carbocycles. The van der Waals surface area contributed by atoms with Gasteiger partial charge in [-0.05, 0) is 72.3 Å². The Labute approximate surface area is 198 Å². The average Bonchev–Trinajstić information content (AvgIpc) is 3.51. The van der Waals surface area contributed by atoms with Crippen LogP contribution in [0.15, 0.2) is 37.4 Å². The standard InChI is InChI=1S/C15H25N3O2.C10H17N3/c1-15(2,3)20-14(19)18-9-5-4-6-13(18)7-10-17-11-8-16-12-17;1-2-5-12-10(3-1)4-7-13-8-6-11-9-13/h8,11-13H,4-7,9-10H2,1-3H3;6,8-10,12H,1-5,7H2. The van der Waals surface area contributed by atoms with Gasteiger partial charge in [0, 0.05) is 56.5 Å². The van der Waals surface area contributed by atoms with Crippen LogP contribution in [0.4, 0.5) is 4.79 Å². The Kier molecular flexibility index (Phi) is 9.78. The molecule has 2 atom stereocenters. The Morgan fingerprint density at radius 2 is 1.64 bits per heavy atom. The number of aryl methyl sites for hydroxylation is 2. The van der Waals surface area contributed by atoms with Crippen LogP contribution < -0.4 is 5.32 Å². The summed E-state index contributed by atoms with van der Waals surface area (Å²) in [6.07, 6.45) is 20.7. The van der Waals surface area contributed by atoms with Crippen molar-refractivity contribution in [2.75, 3.05) is 13.1 Å². The van der Waals surface area contributed by atoms with E-state index in [9.17, 15) is 4.79 Å². The van der Waals surface area contributed by atoms with E-state index in [-0.39, 0.29) is 12.1 Å². The molecule has 0 radical (unpaired) electrons. The minimum absolute atomic E-state index is 0.173. The summed E-state index contributed by atoms with van der Waals surface area (Å²) in [4.78, 5) is 22.3. The predicted octanol–water partition coefficient (Wildman–Crippen LogP) is 4.48. The van der Waals surface area contributed by atoms with Crippen molar-refractivity contribution in [2.45, 2.75) is 103 Å². The molecule has 2 aliphatic rings. The second kappa shape index (κ2) is 12.8. The molecular weight excluding hydrogens is 416 g/mol. The van der Waals surface area contributed by atoms with Crippen LogP contribution in [0.25, 0.3) is 0 Å². The molecule has 2 fully saturated rings. The lowest BCUT2D eigenvalue weighted by Crippen LogP contribution is -2.46. The molecule has 0 aliphatic carbocycles. The van der Waals surface area contributed by atoms with Gasteiger partial charge in [-0.3, -0.25) is 0 Å². The van der Waals surface area contributed by atoms with Crippen molar-refractivity contribution in [3.8, 4) is 0 Å². The highest BCUT2D eigenvalue weighted by Gasteiger charge is 2.30. The molecule has 2 aliphatic heterocycles. The molecule has 0 bridgehead atoms. The van der Waals surface area contributed by atoms with E-state index in [1.807, 2.05) is 56.9 Å². The fourth-order valence-electron chi connectivity index (χ4n) is 4.47. The van der Waals surface area contributed by atoms with Gasteiger partial charge in [-0.25, -0.2) is 14.8 Å². The number of carbonyl (C=O) groups excluding carboxylic acids is 1. The van der Waals surface area contributed by atoms with E-state index in [4.69, 9.17) is 4.74 Å². The maximum absolute atomic E-state index is 12.3. The van der Waals surface area contributed by atoms with Gasteiger partial charge in [0.15, 0.2) is 0 Å². The van der Waals surface area contributed by atoms with Crippen molar-refractivity contribution in [1.29, 1.82) is 0 Å². The van der Waals surface area contributed by atoms with E-state index in [0.717, 1.165) is 44.9 Å². The van der Waals surface area contributed by atoms with Gasteiger partial charge in [0.1, 0.15) is 5.60 Å². The van der Waals surface area contributed by atoms with Crippen LogP contribution in [0.2, 0.25) is 0 Å². The Hall–Kier alpha value is -2.35. The van der Waals surface area contributed by atoms with E-state index < -0.39 is 5.60 Å². The highest BCUT2D eigenvalue weighted by Crippen LogP contribution is 2.23. The molecule has 2 aromatic rings. The van der Waals surface area contributed by atoms with Crippen LogP contribution in [0, 0.1) is 0 Å². The second-order valence-electron chi connectivity index (χ2n) is 10.1. The number of nitrogens with one attached hydrogen (secondary N) is 1. The fourth-order valence-corrected chi connectivity index (χ4v) is 4.47. The van der Waals surface area contributed by atoms with Gasteiger partial charge in [0.25, 0.3) is 0 Å². The van der Waals surface area contributed by atoms with Gasteiger partial charge < -0.3 is 24.1 Å². The number of hydrogen-bond donors (Lipinski definition) is 1. The lowest BCUT2D eigenvalue weighted by Gasteiger charge is -2.36. The lowest BCUT2D eigenvalue weighted by atomic mass is 10.00. The smallest absolute Gasteiger partial charge is 0.410 e. The van der Waals surface area contributed by atoms with Gasteiger partial charge in [-0.1, -0.05) is 6.42 Å². The molecular formula is C25H42N6O2. The number of rotatable bonds is 6. The lowest BCUT2D eigenvalue weighted by molar-refractivity contribution is 0.00838. The van der Waals surface area contributed by atoms with E-state index >= 15 is 0 Å². The maximum atomic E-state index is 12.3. The zero-order valence-electron chi connectivity index (χ0n) is 20.7. The van der Waals surface area contributed by atoms with Gasteiger partial charge >= 0.3 is 6.09 Å². The normalized spacial score (nSPS) is 21.2. The molecule has 4 heterocycles. The SMILES string of the molecule is CC(C)(C)OC(=O)N1CCCCC1CCn1ccnc1.c1cn(CCC2CCCCN2)cn1. The first-order valence-corrected chi connectivity index (χ1v) is 12.6. The molecule has 8 nitrogen and oxygen atoms in total. The van der Waals surface area contributed by atoms with Crippen LogP contribution in [0.5, 0.6) is 0 Å². The molecule has 1 amide bonds. The van der Waals surface area contributed by atoms with Gasteiger partial charge in [0.2, 0.25) is 0 Å². The Morgan fingerprint density at radius 1 is 0.970 bits per heavy atom. The molecule has 4 rings (SSSR count). The summed E-state index contributed by atoms with van der Waals surface area (Å²) in [5.74, 6) is 0. The topological polar surface area (TPSA) is 77.2 Å². The molecule has 8 heteroatoms. The quantitative estimate of drug-likeness (QED) is 0.691. The number of imidazole rings is 2. The summed E-state index contributed by atoms with van der Waals surface area (Å²) in [5.41, 5.74) is -0.427. The monoisotopic (exact) mass is 458 g/mol. The van der Waals surface area contributed by atoms with Crippen molar-refractivity contribution >= 4 is 6.09 Å². The Bertz CT molecular complexity index is 778. The van der Waals surface area contributed by atoms with Crippen LogP contribution in [0.1, 0.15) is 72.1 Å². The van der Waals surface area contributed by atoms with E-state index in [1.165, 1.54) is 38.6 Å². The highest BCUT2D eigenvalue weighted by atomic mass is 16.6. The Balaban J connectivity index is 0.000000203. The number of carbonyl (C=O) groups is 1. The maximum Gasteiger partial charge on any atom is 0.410 e. The highest BCUT2D eigenvalue weighted by molar-refractivity contribution is 5.68. The number of hydrogen-bond acceptors (Lipinski definition) is 5. The third-order valence-corrected chi connectivity index (χ3v) is 6.24. The number of ether oxygens (including phenoxy) is 1. The van der Waals surface area contributed by atoms with Crippen LogP contribution >= 0.6 is 0 Å². The van der Waals surface area contributed by atoms with Crippen molar-refractivity contribution in [3.63, 3.8) is 0 Å². The number of piperidine rings is 2. The van der Waals surface area contributed by atoms with E-state index in [1.54, 1.807) is 6.20 Å². The first-order valence-electron chi connectivity index (χ1n) is 12.6. The molecule has 184 valence electrons. The zero-order valence-corrected chi connectivity index (χ0v) is 20.7. The zero-order chi connectivity index (χ0) is 23.5. The second-order valence-corrected chi connectivity index (χ2v) is 10.1. The molecule has 0 aromatic carbocycles. The first-order chi connectivity index (χ1) is 15.9. The molecule has 33 heavy (non-hydrogen) atoms. The van der Waals surface area contributed by atoms with Crippen LogP contribution in [-0.2, 0) is 17.8 Å². The third kappa shape index (κ3) is 9.20. The predicted molar refractivity (Wildman–Crippen MR) is 130 cm³/mol. The van der Waals surface area contributed by atoms with Crippen molar-refractivity contribution in [1.82, 2.24) is 29.3 Å². The molecule has 2 saturated heterocycles. The summed E-state index contributed by atoms with van der Waals surface area (Å²) in [6, 6.07) is 1.01. The van der Waals surface area contributed by atoms with Crippen LogP contribution in [-0.4, -0.2) is 60.9 Å². The van der Waals surface area contributed by atoms with Crippen LogP contribution in [0.3, 0.4) is 0 Å². The van der Waals surface area contributed by atoms with E-state index in [2.05, 4.69) is 24.4 Å². The molecule has 2 aromatic heterocycles. The van der Waals surface area contributed by atoms with E-state index in [0.29, 0.717) is 0 Å². The summed E-state index contributed by atoms with van der Waals surface area (Å²) in [5, 5.41) is 3.55. The van der Waals surface area contributed by atoms with Crippen molar-refractivity contribution < 1.29 is 9.53 Å². The minimum atomic E-state index is -0.427.